The van der Waals surface area contributed by atoms with E-state index in [1.807, 2.05) is 11.5 Å². The Morgan fingerprint density at radius 1 is 1.38 bits per heavy atom. The number of aromatic nitrogens is 3. The minimum absolute atomic E-state index is 0.0520. The average Bonchev–Trinajstić information content (AvgIpc) is 3.23. The molecular formula is C18H23N5O3. The lowest BCUT2D eigenvalue weighted by Crippen LogP contribution is -2.42. The summed E-state index contributed by atoms with van der Waals surface area (Å²) in [6.45, 7) is 3.10. The van der Waals surface area contributed by atoms with Gasteiger partial charge in [0.2, 0.25) is 0 Å². The molecule has 0 bridgehead atoms. The zero-order chi connectivity index (χ0) is 18.3. The van der Waals surface area contributed by atoms with Crippen molar-refractivity contribution in [3.05, 3.63) is 35.2 Å². The number of aryl methyl sites for hydroxylation is 1. The van der Waals surface area contributed by atoms with E-state index in [0.717, 1.165) is 37.3 Å². The number of carbonyl (C=O) groups is 2. The van der Waals surface area contributed by atoms with Crippen LogP contribution in [-0.4, -0.2) is 51.1 Å². The highest BCUT2D eigenvalue weighted by Crippen LogP contribution is 2.40. The number of carbonyl (C=O) groups excluding carboxylic acids is 2. The van der Waals surface area contributed by atoms with Gasteiger partial charge in [-0.1, -0.05) is 5.16 Å². The van der Waals surface area contributed by atoms with Gasteiger partial charge >= 0.3 is 0 Å². The van der Waals surface area contributed by atoms with Gasteiger partial charge in [-0.3, -0.25) is 9.59 Å². The number of nitrogens with one attached hydrogen (secondary N) is 1. The first-order chi connectivity index (χ1) is 12.6. The van der Waals surface area contributed by atoms with Gasteiger partial charge in [0.25, 0.3) is 11.8 Å². The molecule has 0 radical (unpaired) electrons. The van der Waals surface area contributed by atoms with Crippen molar-refractivity contribution in [2.24, 2.45) is 0 Å². The van der Waals surface area contributed by atoms with E-state index < -0.39 is 0 Å². The second kappa shape index (κ2) is 6.59. The van der Waals surface area contributed by atoms with Crippen LogP contribution in [0.25, 0.3) is 0 Å². The van der Waals surface area contributed by atoms with Crippen molar-refractivity contribution in [3.63, 3.8) is 0 Å². The fourth-order valence-electron chi connectivity index (χ4n) is 3.28. The third-order valence-corrected chi connectivity index (χ3v) is 5.17. The molecule has 0 aromatic carbocycles. The zero-order valence-electron chi connectivity index (χ0n) is 15.1. The van der Waals surface area contributed by atoms with Crippen molar-refractivity contribution >= 4 is 11.8 Å². The van der Waals surface area contributed by atoms with Crippen LogP contribution in [0.3, 0.4) is 0 Å². The third kappa shape index (κ3) is 3.11. The molecule has 1 atom stereocenters. The highest BCUT2D eigenvalue weighted by molar-refractivity contribution is 5.93. The van der Waals surface area contributed by atoms with Crippen LogP contribution in [0.5, 0.6) is 0 Å². The lowest BCUT2D eigenvalue weighted by atomic mass is 10.1. The standard InChI is InChI=1S/C18H23N5O3/c1-3-22(2)18(25)14-9-19-16-7-6-12(10-23(14)16)20-17(24)13-8-15(26-21-13)11-4-5-11/h8-9,11-12H,3-7,10H2,1-2H3,(H,20,24). The van der Waals surface area contributed by atoms with Crippen molar-refractivity contribution in [3.8, 4) is 0 Å². The second-order valence-electron chi connectivity index (χ2n) is 7.09. The van der Waals surface area contributed by atoms with Gasteiger partial charge in [0.05, 0.1) is 6.20 Å². The number of hydrogen-bond acceptors (Lipinski definition) is 5. The monoisotopic (exact) mass is 357 g/mol. The van der Waals surface area contributed by atoms with Crippen LogP contribution in [0, 0.1) is 0 Å². The van der Waals surface area contributed by atoms with E-state index in [2.05, 4.69) is 15.5 Å². The van der Waals surface area contributed by atoms with Gasteiger partial charge in [0, 0.05) is 44.6 Å². The Bertz CT molecular complexity index is 836. The Balaban J connectivity index is 1.45. The molecule has 8 nitrogen and oxygen atoms in total. The lowest BCUT2D eigenvalue weighted by molar-refractivity contribution is 0.0789. The van der Waals surface area contributed by atoms with Crippen LogP contribution in [0.15, 0.2) is 16.8 Å². The molecule has 138 valence electrons. The molecule has 8 heteroatoms. The van der Waals surface area contributed by atoms with E-state index in [4.69, 9.17) is 4.52 Å². The van der Waals surface area contributed by atoms with Gasteiger partial charge < -0.3 is 19.3 Å². The second-order valence-corrected chi connectivity index (χ2v) is 7.09. The zero-order valence-corrected chi connectivity index (χ0v) is 15.1. The van der Waals surface area contributed by atoms with Crippen LogP contribution in [-0.2, 0) is 13.0 Å². The lowest BCUT2D eigenvalue weighted by Gasteiger charge is -2.26. The summed E-state index contributed by atoms with van der Waals surface area (Å²) in [5, 5.41) is 6.90. The number of amides is 2. The number of nitrogens with zero attached hydrogens (tertiary/aromatic N) is 4. The highest BCUT2D eigenvalue weighted by atomic mass is 16.5. The largest absolute Gasteiger partial charge is 0.360 e. The maximum Gasteiger partial charge on any atom is 0.273 e. The summed E-state index contributed by atoms with van der Waals surface area (Å²) < 4.78 is 7.17. The Kier molecular flexibility index (Phi) is 4.26. The van der Waals surface area contributed by atoms with E-state index in [9.17, 15) is 9.59 Å². The normalized spacial score (nSPS) is 19.1. The molecule has 2 amide bonds. The van der Waals surface area contributed by atoms with E-state index in [1.54, 1.807) is 24.2 Å². The first kappa shape index (κ1) is 16.8. The summed E-state index contributed by atoms with van der Waals surface area (Å²) in [6.07, 6.45) is 5.34. The van der Waals surface area contributed by atoms with Crippen LogP contribution in [0.2, 0.25) is 0 Å². The van der Waals surface area contributed by atoms with Crippen molar-refractivity contribution in [1.29, 1.82) is 0 Å². The molecule has 1 unspecified atom stereocenters. The molecule has 1 saturated carbocycles. The Morgan fingerprint density at radius 3 is 2.92 bits per heavy atom. The topological polar surface area (TPSA) is 93.3 Å². The van der Waals surface area contributed by atoms with Gasteiger partial charge in [-0.2, -0.15) is 0 Å². The van der Waals surface area contributed by atoms with Crippen molar-refractivity contribution < 1.29 is 14.1 Å². The molecule has 0 saturated heterocycles. The van der Waals surface area contributed by atoms with E-state index in [0.29, 0.717) is 30.4 Å². The summed E-state index contributed by atoms with van der Waals surface area (Å²) in [7, 11) is 1.77. The SMILES string of the molecule is CCN(C)C(=O)c1cnc2n1CC(NC(=O)c1cc(C3CC3)on1)CC2. The predicted molar refractivity (Wildman–Crippen MR) is 92.9 cm³/mol. The van der Waals surface area contributed by atoms with Crippen molar-refractivity contribution in [2.45, 2.75) is 51.1 Å². The molecule has 4 rings (SSSR count). The summed E-state index contributed by atoms with van der Waals surface area (Å²) >= 11 is 0. The van der Waals surface area contributed by atoms with Crippen LogP contribution >= 0.6 is 0 Å². The van der Waals surface area contributed by atoms with E-state index in [-0.39, 0.29) is 17.9 Å². The molecule has 3 heterocycles. The molecular weight excluding hydrogens is 334 g/mol. The maximum absolute atomic E-state index is 12.5. The van der Waals surface area contributed by atoms with Gasteiger partial charge in [0.15, 0.2) is 5.69 Å². The smallest absolute Gasteiger partial charge is 0.273 e. The highest BCUT2D eigenvalue weighted by Gasteiger charge is 2.30. The molecule has 2 aromatic rings. The third-order valence-electron chi connectivity index (χ3n) is 5.17. The number of hydrogen-bond donors (Lipinski definition) is 1. The molecule has 2 aliphatic rings. The summed E-state index contributed by atoms with van der Waals surface area (Å²) in [4.78, 5) is 31.0. The van der Waals surface area contributed by atoms with Gasteiger partial charge in [-0.05, 0) is 26.2 Å². The quantitative estimate of drug-likeness (QED) is 0.877. The van der Waals surface area contributed by atoms with Gasteiger partial charge in [-0.25, -0.2) is 4.98 Å². The minimum atomic E-state index is -0.229. The minimum Gasteiger partial charge on any atom is -0.360 e. The first-order valence-corrected chi connectivity index (χ1v) is 9.14. The first-order valence-electron chi connectivity index (χ1n) is 9.14. The maximum atomic E-state index is 12.5. The fourth-order valence-corrected chi connectivity index (χ4v) is 3.28. The van der Waals surface area contributed by atoms with Crippen molar-refractivity contribution in [1.82, 2.24) is 24.9 Å². The summed E-state index contributed by atoms with van der Waals surface area (Å²) in [5.74, 6) is 1.83. The van der Waals surface area contributed by atoms with Crippen molar-refractivity contribution in [2.75, 3.05) is 13.6 Å². The molecule has 1 aliphatic carbocycles. The fraction of sp³-hybridized carbons (Fsp3) is 0.556. The summed E-state index contributed by atoms with van der Waals surface area (Å²) in [5.41, 5.74) is 0.895. The Morgan fingerprint density at radius 2 is 2.19 bits per heavy atom. The Hall–Kier alpha value is -2.64. The van der Waals surface area contributed by atoms with Crippen LogP contribution in [0.1, 0.15) is 64.7 Å². The van der Waals surface area contributed by atoms with Gasteiger partial charge in [-0.15, -0.1) is 0 Å². The van der Waals surface area contributed by atoms with E-state index in [1.165, 1.54) is 0 Å². The average molecular weight is 357 g/mol. The number of fused-ring (bicyclic) bond motifs is 1. The number of rotatable bonds is 5. The van der Waals surface area contributed by atoms with Gasteiger partial charge in [0.1, 0.15) is 17.3 Å². The molecule has 1 fully saturated rings. The molecule has 1 aliphatic heterocycles. The van der Waals surface area contributed by atoms with E-state index >= 15 is 0 Å². The summed E-state index contributed by atoms with van der Waals surface area (Å²) in [6, 6.07) is 1.67. The van der Waals surface area contributed by atoms with Crippen LogP contribution < -0.4 is 5.32 Å². The molecule has 26 heavy (non-hydrogen) atoms. The van der Waals surface area contributed by atoms with Crippen LogP contribution in [0.4, 0.5) is 0 Å². The molecule has 1 N–H and O–H groups in total. The number of imidazole rings is 1. The predicted octanol–water partition coefficient (Wildman–Crippen LogP) is 1.59. The Labute approximate surface area is 151 Å². The molecule has 0 spiro atoms. The molecule has 2 aromatic heterocycles.